The largest absolute Gasteiger partial charge is 0.476 e. The van der Waals surface area contributed by atoms with Crippen LogP contribution in [0.3, 0.4) is 0 Å². The molecule has 2 fully saturated rings. The summed E-state index contributed by atoms with van der Waals surface area (Å²) in [6.07, 6.45) is 5.77. The van der Waals surface area contributed by atoms with Gasteiger partial charge in [0.15, 0.2) is 5.69 Å². The van der Waals surface area contributed by atoms with Crippen LogP contribution in [0, 0.1) is 0 Å². The van der Waals surface area contributed by atoms with Crippen LogP contribution in [-0.2, 0) is 6.54 Å². The third kappa shape index (κ3) is 2.78. The van der Waals surface area contributed by atoms with E-state index in [2.05, 4.69) is 15.2 Å². The first kappa shape index (κ1) is 12.6. The van der Waals surface area contributed by atoms with Gasteiger partial charge in [-0.15, -0.1) is 5.10 Å². The van der Waals surface area contributed by atoms with Crippen molar-refractivity contribution in [3.05, 3.63) is 11.4 Å². The summed E-state index contributed by atoms with van der Waals surface area (Å²) >= 11 is 0. The zero-order valence-electron chi connectivity index (χ0n) is 11.1. The van der Waals surface area contributed by atoms with Gasteiger partial charge >= 0.3 is 5.97 Å². The van der Waals surface area contributed by atoms with Gasteiger partial charge in [-0.3, -0.25) is 0 Å². The van der Waals surface area contributed by atoms with Crippen LogP contribution in [-0.4, -0.2) is 50.6 Å². The molecular formula is C13H20N4O2. The molecule has 0 aromatic carbocycles. The maximum absolute atomic E-state index is 11.1. The zero-order chi connectivity index (χ0) is 13.2. The smallest absolute Gasteiger partial charge is 0.358 e. The first-order valence-electron chi connectivity index (χ1n) is 7.15. The lowest BCUT2D eigenvalue weighted by Gasteiger charge is -2.14. The van der Waals surface area contributed by atoms with E-state index in [0.717, 1.165) is 38.0 Å². The molecule has 2 aliphatic rings. The molecule has 0 spiro atoms. The van der Waals surface area contributed by atoms with E-state index in [0.29, 0.717) is 5.92 Å². The molecule has 2 heterocycles. The first-order chi connectivity index (χ1) is 9.25. The first-order valence-corrected chi connectivity index (χ1v) is 7.15. The van der Waals surface area contributed by atoms with E-state index in [-0.39, 0.29) is 5.69 Å². The van der Waals surface area contributed by atoms with Crippen molar-refractivity contribution in [2.45, 2.75) is 44.6 Å². The van der Waals surface area contributed by atoms with Crippen LogP contribution < -0.4 is 0 Å². The minimum absolute atomic E-state index is 0.156. The summed E-state index contributed by atoms with van der Waals surface area (Å²) in [4.78, 5) is 13.6. The summed E-state index contributed by atoms with van der Waals surface area (Å²) in [6.45, 7) is 4.26. The van der Waals surface area contributed by atoms with Gasteiger partial charge in [-0.1, -0.05) is 5.21 Å². The monoisotopic (exact) mass is 264 g/mol. The number of aromatic carboxylic acids is 1. The third-order valence-corrected chi connectivity index (χ3v) is 3.98. The summed E-state index contributed by atoms with van der Waals surface area (Å²) in [5, 5.41) is 17.0. The second-order valence-electron chi connectivity index (χ2n) is 5.53. The summed E-state index contributed by atoms with van der Waals surface area (Å²) in [6, 6.07) is 0. The molecule has 1 N–H and O–H groups in total. The average molecular weight is 264 g/mol. The molecule has 0 bridgehead atoms. The molecule has 1 aliphatic heterocycles. The van der Waals surface area contributed by atoms with Gasteiger partial charge in [0.2, 0.25) is 0 Å². The Morgan fingerprint density at radius 1 is 1.26 bits per heavy atom. The molecule has 1 aliphatic carbocycles. The van der Waals surface area contributed by atoms with E-state index in [9.17, 15) is 4.79 Å². The van der Waals surface area contributed by atoms with E-state index in [4.69, 9.17) is 5.11 Å². The van der Waals surface area contributed by atoms with Crippen LogP contribution in [0.2, 0.25) is 0 Å². The molecular weight excluding hydrogens is 244 g/mol. The Morgan fingerprint density at radius 2 is 2.00 bits per heavy atom. The lowest BCUT2D eigenvalue weighted by Crippen LogP contribution is -2.22. The maximum atomic E-state index is 11.1. The molecule has 104 valence electrons. The van der Waals surface area contributed by atoms with Crippen molar-refractivity contribution in [2.75, 3.05) is 19.6 Å². The summed E-state index contributed by atoms with van der Waals surface area (Å²) < 4.78 is 1.82. The van der Waals surface area contributed by atoms with Crippen LogP contribution in [0.15, 0.2) is 0 Å². The number of likely N-dealkylation sites (tertiary alicyclic amines) is 1. The highest BCUT2D eigenvalue weighted by Crippen LogP contribution is 2.41. The number of aryl methyl sites for hydroxylation is 1. The van der Waals surface area contributed by atoms with Gasteiger partial charge in [-0.25, -0.2) is 9.48 Å². The SMILES string of the molecule is O=C(O)c1nnn(CCCN2CCCC2)c1C1CC1. The van der Waals surface area contributed by atoms with E-state index in [1.54, 1.807) is 0 Å². The fourth-order valence-electron chi connectivity index (χ4n) is 2.85. The number of aromatic nitrogens is 3. The standard InChI is InChI=1S/C13H20N4O2/c18-13(19)11-12(10-4-5-10)17(15-14-11)9-3-8-16-6-1-2-7-16/h10H,1-9H2,(H,18,19). The molecule has 6 nitrogen and oxygen atoms in total. The Kier molecular flexibility index (Phi) is 3.50. The number of hydrogen-bond donors (Lipinski definition) is 1. The number of nitrogens with zero attached hydrogens (tertiary/aromatic N) is 4. The van der Waals surface area contributed by atoms with Crippen LogP contribution in [0.1, 0.15) is 54.2 Å². The van der Waals surface area contributed by atoms with Crippen molar-refractivity contribution in [3.63, 3.8) is 0 Å². The van der Waals surface area contributed by atoms with Crippen molar-refractivity contribution in [1.82, 2.24) is 19.9 Å². The molecule has 3 rings (SSSR count). The van der Waals surface area contributed by atoms with E-state index < -0.39 is 5.97 Å². The average Bonchev–Trinajstić information content (AvgIpc) is 2.92. The Hall–Kier alpha value is -1.43. The Balaban J connectivity index is 1.62. The van der Waals surface area contributed by atoms with E-state index in [1.807, 2.05) is 4.68 Å². The highest BCUT2D eigenvalue weighted by molar-refractivity contribution is 5.86. The normalized spacial score (nSPS) is 20.0. The number of rotatable bonds is 6. The number of carboxylic acids is 1. The van der Waals surface area contributed by atoms with Crippen LogP contribution in [0.5, 0.6) is 0 Å². The second-order valence-corrected chi connectivity index (χ2v) is 5.53. The van der Waals surface area contributed by atoms with E-state index in [1.165, 1.54) is 25.9 Å². The maximum Gasteiger partial charge on any atom is 0.358 e. The van der Waals surface area contributed by atoms with Gasteiger partial charge in [0.25, 0.3) is 0 Å². The molecule has 1 aromatic heterocycles. The Bertz CT molecular complexity index is 461. The van der Waals surface area contributed by atoms with Crippen molar-refractivity contribution in [3.8, 4) is 0 Å². The topological polar surface area (TPSA) is 71.2 Å². The zero-order valence-corrected chi connectivity index (χ0v) is 11.1. The van der Waals surface area contributed by atoms with Gasteiger partial charge in [-0.05, 0) is 51.7 Å². The van der Waals surface area contributed by atoms with Gasteiger partial charge in [0.1, 0.15) is 0 Å². The minimum Gasteiger partial charge on any atom is -0.476 e. The Morgan fingerprint density at radius 3 is 2.63 bits per heavy atom. The molecule has 1 saturated heterocycles. The lowest BCUT2D eigenvalue weighted by atomic mass is 10.2. The molecule has 0 unspecified atom stereocenters. The third-order valence-electron chi connectivity index (χ3n) is 3.98. The highest BCUT2D eigenvalue weighted by Gasteiger charge is 2.33. The fraction of sp³-hybridized carbons (Fsp3) is 0.769. The van der Waals surface area contributed by atoms with Crippen molar-refractivity contribution in [1.29, 1.82) is 0 Å². The molecule has 6 heteroatoms. The number of carboxylic acid groups (broad SMARTS) is 1. The summed E-state index contributed by atoms with van der Waals surface area (Å²) in [5.41, 5.74) is 0.998. The van der Waals surface area contributed by atoms with Gasteiger partial charge in [0, 0.05) is 12.5 Å². The number of carbonyl (C=O) groups is 1. The highest BCUT2D eigenvalue weighted by atomic mass is 16.4. The second kappa shape index (κ2) is 5.28. The molecule has 1 aromatic rings. The molecule has 1 saturated carbocycles. The van der Waals surface area contributed by atoms with Crippen LogP contribution >= 0.6 is 0 Å². The predicted octanol–water partition coefficient (Wildman–Crippen LogP) is 1.34. The van der Waals surface area contributed by atoms with Crippen molar-refractivity contribution in [2.24, 2.45) is 0 Å². The number of hydrogen-bond acceptors (Lipinski definition) is 4. The van der Waals surface area contributed by atoms with Crippen LogP contribution in [0.4, 0.5) is 0 Å². The van der Waals surface area contributed by atoms with Gasteiger partial charge < -0.3 is 10.0 Å². The van der Waals surface area contributed by atoms with Crippen LogP contribution in [0.25, 0.3) is 0 Å². The Labute approximate surface area is 112 Å². The summed E-state index contributed by atoms with van der Waals surface area (Å²) in [5.74, 6) is -0.583. The predicted molar refractivity (Wildman–Crippen MR) is 69.2 cm³/mol. The summed E-state index contributed by atoms with van der Waals surface area (Å²) in [7, 11) is 0. The molecule has 19 heavy (non-hydrogen) atoms. The van der Waals surface area contributed by atoms with Crippen molar-refractivity contribution < 1.29 is 9.90 Å². The van der Waals surface area contributed by atoms with Crippen molar-refractivity contribution >= 4 is 5.97 Å². The van der Waals surface area contributed by atoms with Gasteiger partial charge in [-0.2, -0.15) is 0 Å². The fourth-order valence-corrected chi connectivity index (χ4v) is 2.85. The van der Waals surface area contributed by atoms with E-state index >= 15 is 0 Å². The quantitative estimate of drug-likeness (QED) is 0.839. The molecule has 0 amide bonds. The molecule has 0 radical (unpaired) electrons. The lowest BCUT2D eigenvalue weighted by molar-refractivity contribution is 0.0689. The molecule has 0 atom stereocenters. The minimum atomic E-state index is -0.951. The van der Waals surface area contributed by atoms with Gasteiger partial charge in [0.05, 0.1) is 5.69 Å².